The van der Waals surface area contributed by atoms with Gasteiger partial charge in [0.25, 0.3) is 0 Å². The van der Waals surface area contributed by atoms with E-state index in [-0.39, 0.29) is 47.9 Å². The molecule has 0 radical (unpaired) electrons. The summed E-state index contributed by atoms with van der Waals surface area (Å²) in [5.41, 5.74) is 7.69. The van der Waals surface area contributed by atoms with Gasteiger partial charge in [0, 0.05) is 5.69 Å². The fourth-order valence-corrected chi connectivity index (χ4v) is 3.56. The van der Waals surface area contributed by atoms with E-state index in [4.69, 9.17) is 5.73 Å². The lowest BCUT2D eigenvalue weighted by Crippen LogP contribution is -2.31. The second kappa shape index (κ2) is 6.79. The number of para-hydroxylation sites is 1. The summed E-state index contributed by atoms with van der Waals surface area (Å²) in [5.74, 6) is -0.271. The normalized spacial score (nSPS) is 21.4. The van der Waals surface area contributed by atoms with Gasteiger partial charge in [-0.1, -0.05) is 30.4 Å². The van der Waals surface area contributed by atoms with Crippen molar-refractivity contribution in [1.82, 2.24) is 19.9 Å². The highest BCUT2D eigenvalue weighted by molar-refractivity contribution is 6.05. The molecule has 0 spiro atoms. The number of aryl methyl sites for hydroxylation is 1. The van der Waals surface area contributed by atoms with Crippen molar-refractivity contribution in [1.29, 1.82) is 0 Å². The Kier molecular flexibility index (Phi) is 4.31. The van der Waals surface area contributed by atoms with Gasteiger partial charge in [-0.25, -0.2) is 0 Å². The molecule has 1 aromatic carbocycles. The average Bonchev–Trinajstić information content (AvgIpc) is 2.89. The number of hydrogen-bond donors (Lipinski definition) is 2. The van der Waals surface area contributed by atoms with Crippen LogP contribution in [0.3, 0.4) is 0 Å². The van der Waals surface area contributed by atoms with Crippen LogP contribution in [0, 0.1) is 18.8 Å². The van der Waals surface area contributed by atoms with E-state index in [1.807, 2.05) is 43.3 Å². The van der Waals surface area contributed by atoms with Gasteiger partial charge in [-0.2, -0.15) is 15.0 Å². The minimum atomic E-state index is -0.272. The summed E-state index contributed by atoms with van der Waals surface area (Å²) >= 11 is 0. The first-order chi connectivity index (χ1) is 13.0. The molecule has 138 valence electrons. The number of nitrogens with two attached hydrogens (primary N) is 1. The molecule has 1 aliphatic carbocycles. The maximum Gasteiger partial charge on any atom is 0.233 e. The van der Waals surface area contributed by atoms with Gasteiger partial charge in [-0.15, -0.1) is 0 Å². The van der Waals surface area contributed by atoms with Crippen molar-refractivity contribution >= 4 is 29.4 Å². The number of hydrogen-bond acceptors (Lipinski definition) is 7. The molecule has 8 nitrogen and oxygen atoms in total. The Morgan fingerprint density at radius 3 is 2.41 bits per heavy atom. The third-order valence-corrected chi connectivity index (χ3v) is 4.99. The molecule has 3 N–H and O–H groups in total. The number of rotatable bonds is 4. The summed E-state index contributed by atoms with van der Waals surface area (Å²) in [6.45, 7) is 1.96. The quantitative estimate of drug-likeness (QED) is 0.629. The zero-order valence-electron chi connectivity index (χ0n) is 14.9. The number of likely N-dealkylation sites (tertiary alicyclic amines) is 1. The van der Waals surface area contributed by atoms with Gasteiger partial charge in [0.2, 0.25) is 23.7 Å². The number of carbonyl (C=O) groups excluding carboxylic acids is 2. The van der Waals surface area contributed by atoms with Crippen molar-refractivity contribution in [2.24, 2.45) is 11.8 Å². The summed E-state index contributed by atoms with van der Waals surface area (Å²) in [5, 5.41) is 3.11. The van der Waals surface area contributed by atoms with Crippen LogP contribution in [0.15, 0.2) is 36.4 Å². The number of allylic oxidation sites excluding steroid dienone is 2. The number of carbonyl (C=O) groups is 2. The first kappa shape index (κ1) is 17.1. The Morgan fingerprint density at radius 2 is 1.74 bits per heavy atom. The second-order valence-electron chi connectivity index (χ2n) is 6.79. The van der Waals surface area contributed by atoms with Crippen LogP contribution < -0.4 is 11.1 Å². The average molecular weight is 364 g/mol. The summed E-state index contributed by atoms with van der Waals surface area (Å²) in [4.78, 5) is 39.0. The van der Waals surface area contributed by atoms with Crippen LogP contribution in [0.2, 0.25) is 0 Å². The molecule has 2 aliphatic rings. The van der Waals surface area contributed by atoms with Crippen LogP contribution in [0.1, 0.15) is 24.2 Å². The number of anilines is 3. The number of nitrogens with one attached hydrogen (secondary N) is 1. The van der Waals surface area contributed by atoms with Crippen LogP contribution in [0.4, 0.5) is 17.6 Å². The number of benzene rings is 1. The van der Waals surface area contributed by atoms with Gasteiger partial charge in [0.1, 0.15) is 0 Å². The number of fused-ring (bicyclic) bond motifs is 1. The number of amides is 2. The standard InChI is InChI=1S/C19H20N6O2/c1-11-6-2-5-9-14(11)21-19-23-15(22-18(20)24-19)10-25-16(26)12-7-3-4-8-13(12)17(25)27/h2-6,9,12-13H,7-8,10H2,1H3,(H3,20,21,22,23,24)/t12-,13-/m0/s1. The molecule has 0 saturated carbocycles. The maximum absolute atomic E-state index is 12.6. The monoisotopic (exact) mass is 364 g/mol. The van der Waals surface area contributed by atoms with Gasteiger partial charge in [0.05, 0.1) is 18.4 Å². The molecule has 1 aromatic heterocycles. The summed E-state index contributed by atoms with van der Waals surface area (Å²) < 4.78 is 0. The fraction of sp³-hybridized carbons (Fsp3) is 0.316. The van der Waals surface area contributed by atoms with E-state index in [0.717, 1.165) is 11.3 Å². The molecule has 1 fully saturated rings. The van der Waals surface area contributed by atoms with Crippen LogP contribution in [0.5, 0.6) is 0 Å². The molecule has 27 heavy (non-hydrogen) atoms. The number of imide groups is 1. The van der Waals surface area contributed by atoms with Gasteiger partial charge in [-0.3, -0.25) is 14.5 Å². The lowest BCUT2D eigenvalue weighted by Gasteiger charge is -2.15. The molecule has 8 heteroatoms. The van der Waals surface area contributed by atoms with Crippen LogP contribution in [-0.2, 0) is 16.1 Å². The van der Waals surface area contributed by atoms with Gasteiger partial charge in [-0.05, 0) is 31.4 Å². The highest BCUT2D eigenvalue weighted by atomic mass is 16.2. The molecule has 2 heterocycles. The Labute approximate surface area is 156 Å². The van der Waals surface area contributed by atoms with Crippen LogP contribution in [-0.4, -0.2) is 31.7 Å². The summed E-state index contributed by atoms with van der Waals surface area (Å²) in [7, 11) is 0. The SMILES string of the molecule is Cc1ccccc1Nc1nc(N)nc(CN2C(=O)[C@H]3CC=CC[C@@H]3C2=O)n1. The smallest absolute Gasteiger partial charge is 0.233 e. The van der Waals surface area contributed by atoms with Crippen LogP contribution in [0.25, 0.3) is 0 Å². The largest absolute Gasteiger partial charge is 0.368 e. The Morgan fingerprint density at radius 1 is 1.07 bits per heavy atom. The lowest BCUT2D eigenvalue weighted by molar-refractivity contribution is -0.140. The predicted octanol–water partition coefficient (Wildman–Crippen LogP) is 1.96. The zero-order chi connectivity index (χ0) is 19.0. The molecule has 2 atom stereocenters. The minimum absolute atomic E-state index is 0.000160. The van der Waals surface area contributed by atoms with E-state index in [1.54, 1.807) is 0 Å². The highest BCUT2D eigenvalue weighted by Crippen LogP contribution is 2.35. The van der Waals surface area contributed by atoms with E-state index in [9.17, 15) is 9.59 Å². The summed E-state index contributed by atoms with van der Waals surface area (Å²) in [6.07, 6.45) is 5.12. The molecule has 2 aromatic rings. The van der Waals surface area contributed by atoms with Crippen molar-refractivity contribution in [2.45, 2.75) is 26.3 Å². The topological polar surface area (TPSA) is 114 Å². The molecule has 1 aliphatic heterocycles. The Balaban J connectivity index is 1.56. The molecule has 0 bridgehead atoms. The van der Waals surface area contributed by atoms with Crippen LogP contribution >= 0.6 is 0 Å². The molecular weight excluding hydrogens is 344 g/mol. The highest BCUT2D eigenvalue weighted by Gasteiger charge is 2.47. The van der Waals surface area contributed by atoms with E-state index < -0.39 is 0 Å². The van der Waals surface area contributed by atoms with Crippen molar-refractivity contribution in [2.75, 3.05) is 11.1 Å². The summed E-state index contributed by atoms with van der Waals surface area (Å²) in [6, 6.07) is 7.70. The number of aromatic nitrogens is 3. The van der Waals surface area contributed by atoms with Crippen molar-refractivity contribution in [3.63, 3.8) is 0 Å². The first-order valence-electron chi connectivity index (χ1n) is 8.86. The van der Waals surface area contributed by atoms with E-state index >= 15 is 0 Å². The van der Waals surface area contributed by atoms with E-state index in [2.05, 4.69) is 20.3 Å². The second-order valence-corrected chi connectivity index (χ2v) is 6.79. The molecule has 2 amide bonds. The molecule has 0 unspecified atom stereocenters. The molecular formula is C19H20N6O2. The fourth-order valence-electron chi connectivity index (χ4n) is 3.56. The van der Waals surface area contributed by atoms with E-state index in [1.165, 1.54) is 4.90 Å². The molecule has 1 saturated heterocycles. The van der Waals surface area contributed by atoms with Crippen molar-refractivity contribution < 1.29 is 9.59 Å². The minimum Gasteiger partial charge on any atom is -0.368 e. The predicted molar refractivity (Wildman–Crippen MR) is 99.6 cm³/mol. The Hall–Kier alpha value is -3.29. The number of nitrogens with zero attached hydrogens (tertiary/aromatic N) is 4. The zero-order valence-corrected chi connectivity index (χ0v) is 14.9. The number of nitrogen functional groups attached to an aromatic ring is 1. The van der Waals surface area contributed by atoms with Crippen molar-refractivity contribution in [3.8, 4) is 0 Å². The third-order valence-electron chi connectivity index (χ3n) is 4.99. The maximum atomic E-state index is 12.6. The Bertz CT molecular complexity index is 916. The van der Waals surface area contributed by atoms with Gasteiger partial charge >= 0.3 is 0 Å². The van der Waals surface area contributed by atoms with Crippen molar-refractivity contribution in [3.05, 3.63) is 47.8 Å². The van der Waals surface area contributed by atoms with Gasteiger partial charge < -0.3 is 11.1 Å². The van der Waals surface area contributed by atoms with Gasteiger partial charge in [0.15, 0.2) is 5.82 Å². The van der Waals surface area contributed by atoms with E-state index in [0.29, 0.717) is 12.8 Å². The first-order valence-corrected chi connectivity index (χ1v) is 8.86. The third kappa shape index (κ3) is 3.25. The lowest BCUT2D eigenvalue weighted by atomic mass is 9.85. The molecule has 4 rings (SSSR count).